The minimum atomic E-state index is 0.564. The van der Waals surface area contributed by atoms with Gasteiger partial charge in [-0.1, -0.05) is 5.16 Å². The predicted molar refractivity (Wildman–Crippen MR) is 47.8 cm³/mol. The van der Waals surface area contributed by atoms with Crippen molar-refractivity contribution in [3.8, 4) is 10.7 Å². The van der Waals surface area contributed by atoms with Crippen LogP contribution in [0.3, 0.4) is 0 Å². The van der Waals surface area contributed by atoms with Crippen molar-refractivity contribution >= 4 is 27.3 Å². The SMILES string of the molecule is Cc1nc(-c2cnc(Br)s2)no1. The van der Waals surface area contributed by atoms with Crippen LogP contribution in [0.25, 0.3) is 10.7 Å². The van der Waals surface area contributed by atoms with Gasteiger partial charge in [-0.05, 0) is 15.9 Å². The molecular weight excluding hydrogens is 242 g/mol. The molecule has 0 aromatic carbocycles. The molecule has 0 saturated carbocycles. The first kappa shape index (κ1) is 7.88. The van der Waals surface area contributed by atoms with Crippen LogP contribution in [0.15, 0.2) is 14.6 Å². The molecule has 0 saturated heterocycles. The molecule has 0 unspecified atom stereocenters. The summed E-state index contributed by atoms with van der Waals surface area (Å²) in [7, 11) is 0. The second kappa shape index (κ2) is 2.95. The van der Waals surface area contributed by atoms with Gasteiger partial charge in [0.15, 0.2) is 3.92 Å². The van der Waals surface area contributed by atoms with E-state index in [1.807, 2.05) is 0 Å². The van der Waals surface area contributed by atoms with Crippen LogP contribution in [0.1, 0.15) is 5.89 Å². The molecule has 0 spiro atoms. The second-order valence-corrected chi connectivity index (χ2v) is 4.42. The van der Waals surface area contributed by atoms with Gasteiger partial charge in [0.25, 0.3) is 0 Å². The monoisotopic (exact) mass is 245 g/mol. The van der Waals surface area contributed by atoms with E-state index in [0.717, 1.165) is 8.79 Å². The zero-order valence-electron chi connectivity index (χ0n) is 6.11. The Hall–Kier alpha value is -0.750. The molecule has 0 bridgehead atoms. The average Bonchev–Trinajstić information content (AvgIpc) is 2.58. The van der Waals surface area contributed by atoms with Crippen LogP contribution in [0.5, 0.6) is 0 Å². The predicted octanol–water partition coefficient (Wildman–Crippen LogP) is 2.26. The van der Waals surface area contributed by atoms with E-state index in [4.69, 9.17) is 4.52 Å². The van der Waals surface area contributed by atoms with E-state index in [2.05, 4.69) is 31.1 Å². The van der Waals surface area contributed by atoms with Crippen LogP contribution >= 0.6 is 27.3 Å². The van der Waals surface area contributed by atoms with Crippen LogP contribution in [0.2, 0.25) is 0 Å². The highest BCUT2D eigenvalue weighted by Crippen LogP contribution is 2.26. The Morgan fingerprint density at radius 1 is 1.58 bits per heavy atom. The van der Waals surface area contributed by atoms with E-state index in [9.17, 15) is 0 Å². The van der Waals surface area contributed by atoms with Gasteiger partial charge in [-0.2, -0.15) is 4.98 Å². The lowest BCUT2D eigenvalue weighted by atomic mass is 10.5. The molecule has 0 aliphatic rings. The van der Waals surface area contributed by atoms with Gasteiger partial charge < -0.3 is 4.52 Å². The number of thiazole rings is 1. The van der Waals surface area contributed by atoms with E-state index in [0.29, 0.717) is 11.7 Å². The van der Waals surface area contributed by atoms with Crippen LogP contribution in [-0.2, 0) is 0 Å². The summed E-state index contributed by atoms with van der Waals surface area (Å²) < 4.78 is 5.65. The van der Waals surface area contributed by atoms with Crippen LogP contribution in [0.4, 0.5) is 0 Å². The Balaban J connectivity index is 2.43. The molecule has 2 aromatic rings. The van der Waals surface area contributed by atoms with Crippen molar-refractivity contribution < 1.29 is 4.52 Å². The molecule has 2 heterocycles. The average molecular weight is 246 g/mol. The molecule has 0 amide bonds. The number of aryl methyl sites for hydroxylation is 1. The van der Waals surface area contributed by atoms with Gasteiger partial charge in [0.05, 0.1) is 11.1 Å². The first-order chi connectivity index (χ1) is 5.75. The van der Waals surface area contributed by atoms with Gasteiger partial charge in [-0.15, -0.1) is 11.3 Å². The number of halogens is 1. The summed E-state index contributed by atoms with van der Waals surface area (Å²) in [6.45, 7) is 1.76. The van der Waals surface area contributed by atoms with Gasteiger partial charge in [0, 0.05) is 6.92 Å². The largest absolute Gasteiger partial charge is 0.339 e. The highest BCUT2D eigenvalue weighted by atomic mass is 79.9. The Bertz CT molecular complexity index is 359. The highest BCUT2D eigenvalue weighted by molar-refractivity contribution is 9.11. The molecule has 2 aromatic heterocycles. The van der Waals surface area contributed by atoms with Crippen molar-refractivity contribution in [3.05, 3.63) is 16.0 Å². The van der Waals surface area contributed by atoms with Crippen LogP contribution in [0, 0.1) is 6.92 Å². The molecule has 6 heteroatoms. The van der Waals surface area contributed by atoms with E-state index in [1.165, 1.54) is 11.3 Å². The summed E-state index contributed by atoms with van der Waals surface area (Å²) in [5.74, 6) is 1.16. The normalized spacial score (nSPS) is 10.5. The molecule has 0 aliphatic heterocycles. The van der Waals surface area contributed by atoms with Crippen LogP contribution in [-0.4, -0.2) is 15.1 Å². The topological polar surface area (TPSA) is 51.8 Å². The quantitative estimate of drug-likeness (QED) is 0.774. The lowest BCUT2D eigenvalue weighted by Gasteiger charge is -1.79. The van der Waals surface area contributed by atoms with E-state index in [1.54, 1.807) is 13.1 Å². The molecule has 0 atom stereocenters. The summed E-state index contributed by atoms with van der Waals surface area (Å²) in [5.41, 5.74) is 0. The first-order valence-corrected chi connectivity index (χ1v) is 4.78. The highest BCUT2D eigenvalue weighted by Gasteiger charge is 2.08. The number of rotatable bonds is 1. The summed E-state index contributed by atoms with van der Waals surface area (Å²) in [4.78, 5) is 8.98. The maximum Gasteiger partial charge on any atom is 0.223 e. The van der Waals surface area contributed by atoms with Crippen LogP contribution < -0.4 is 0 Å². The van der Waals surface area contributed by atoms with Crippen molar-refractivity contribution in [3.63, 3.8) is 0 Å². The van der Waals surface area contributed by atoms with Crippen molar-refractivity contribution in [2.45, 2.75) is 6.92 Å². The van der Waals surface area contributed by atoms with Gasteiger partial charge in [0.2, 0.25) is 11.7 Å². The summed E-state index contributed by atoms with van der Waals surface area (Å²) in [6, 6.07) is 0. The van der Waals surface area contributed by atoms with Gasteiger partial charge in [-0.3, -0.25) is 0 Å². The number of hydrogen-bond acceptors (Lipinski definition) is 5. The third kappa shape index (κ3) is 1.39. The van der Waals surface area contributed by atoms with E-state index in [-0.39, 0.29) is 0 Å². The Kier molecular flexibility index (Phi) is 1.93. The summed E-state index contributed by atoms with van der Waals surface area (Å²) in [6.07, 6.45) is 1.71. The molecule has 0 aliphatic carbocycles. The van der Waals surface area contributed by atoms with Gasteiger partial charge in [0.1, 0.15) is 0 Å². The van der Waals surface area contributed by atoms with Crippen molar-refractivity contribution in [2.75, 3.05) is 0 Å². The maximum atomic E-state index is 4.83. The summed E-state index contributed by atoms with van der Waals surface area (Å²) in [5, 5.41) is 3.76. The Morgan fingerprint density at radius 2 is 2.42 bits per heavy atom. The molecular formula is C6H4BrN3OS. The molecule has 62 valence electrons. The molecule has 12 heavy (non-hydrogen) atoms. The third-order valence-electron chi connectivity index (χ3n) is 1.23. The fourth-order valence-electron chi connectivity index (χ4n) is 0.756. The molecule has 2 rings (SSSR count). The molecule has 0 N–H and O–H groups in total. The van der Waals surface area contributed by atoms with Crippen molar-refractivity contribution in [1.82, 2.24) is 15.1 Å². The molecule has 4 nitrogen and oxygen atoms in total. The molecule has 0 radical (unpaired) electrons. The Labute approximate surface area is 80.8 Å². The smallest absolute Gasteiger partial charge is 0.223 e. The standard InChI is InChI=1S/C6H4BrN3OS/c1-3-9-5(10-11-3)4-2-8-6(7)12-4/h2H,1H3. The minimum Gasteiger partial charge on any atom is -0.339 e. The van der Waals surface area contributed by atoms with E-state index >= 15 is 0 Å². The number of aromatic nitrogens is 3. The van der Waals surface area contributed by atoms with Gasteiger partial charge in [-0.25, -0.2) is 4.98 Å². The Morgan fingerprint density at radius 3 is 2.92 bits per heavy atom. The fourth-order valence-corrected chi connectivity index (χ4v) is 1.95. The lowest BCUT2D eigenvalue weighted by molar-refractivity contribution is 0.394. The summed E-state index contributed by atoms with van der Waals surface area (Å²) >= 11 is 4.73. The number of nitrogens with zero attached hydrogens (tertiary/aromatic N) is 3. The zero-order chi connectivity index (χ0) is 8.55. The lowest BCUT2D eigenvalue weighted by Crippen LogP contribution is -1.73. The van der Waals surface area contributed by atoms with Gasteiger partial charge >= 0.3 is 0 Å². The van der Waals surface area contributed by atoms with E-state index < -0.39 is 0 Å². The van der Waals surface area contributed by atoms with Crippen molar-refractivity contribution in [2.24, 2.45) is 0 Å². The zero-order valence-corrected chi connectivity index (χ0v) is 8.52. The third-order valence-corrected chi connectivity index (χ3v) is 2.70. The number of hydrogen-bond donors (Lipinski definition) is 0. The fraction of sp³-hybridized carbons (Fsp3) is 0.167. The second-order valence-electron chi connectivity index (χ2n) is 2.11. The van der Waals surface area contributed by atoms with Crippen molar-refractivity contribution in [1.29, 1.82) is 0 Å². The maximum absolute atomic E-state index is 4.83. The minimum absolute atomic E-state index is 0.564. The first-order valence-electron chi connectivity index (χ1n) is 3.18. The molecule has 0 fully saturated rings.